The summed E-state index contributed by atoms with van der Waals surface area (Å²) in [5.41, 5.74) is -0.222. The van der Waals surface area contributed by atoms with E-state index < -0.39 is 0 Å². The number of rotatable bonds is 2. The maximum absolute atomic E-state index is 11.4. The molecular formula is C10H13N3O2. The van der Waals surface area contributed by atoms with Crippen LogP contribution in [0, 0.1) is 0 Å². The van der Waals surface area contributed by atoms with E-state index in [1.807, 2.05) is 4.90 Å². The summed E-state index contributed by atoms with van der Waals surface area (Å²) >= 11 is 0. The Morgan fingerprint density at radius 1 is 1.33 bits per heavy atom. The molecule has 1 aromatic heterocycles. The second-order valence-electron chi connectivity index (χ2n) is 3.63. The van der Waals surface area contributed by atoms with Crippen molar-refractivity contribution in [1.82, 2.24) is 9.97 Å². The van der Waals surface area contributed by atoms with Gasteiger partial charge in [0.2, 0.25) is 0 Å². The Morgan fingerprint density at radius 2 is 2.07 bits per heavy atom. The standard InChI is InChI=1S/C10H13N3O2/c14-6-8-9(11-7-12-10(8)15)13-4-2-1-3-5-13/h6-7H,1-5H2,(H,11,12,15). The van der Waals surface area contributed by atoms with Gasteiger partial charge in [-0.15, -0.1) is 0 Å². The van der Waals surface area contributed by atoms with Crippen molar-refractivity contribution >= 4 is 12.1 Å². The zero-order valence-corrected chi connectivity index (χ0v) is 8.40. The molecule has 0 amide bonds. The zero-order valence-electron chi connectivity index (χ0n) is 8.40. The van der Waals surface area contributed by atoms with Gasteiger partial charge in [0, 0.05) is 13.1 Å². The second-order valence-corrected chi connectivity index (χ2v) is 3.63. The van der Waals surface area contributed by atoms with Gasteiger partial charge in [-0.3, -0.25) is 9.59 Å². The molecule has 1 aliphatic rings. The van der Waals surface area contributed by atoms with E-state index >= 15 is 0 Å². The van der Waals surface area contributed by atoms with Crippen LogP contribution in [-0.4, -0.2) is 29.3 Å². The van der Waals surface area contributed by atoms with Gasteiger partial charge in [-0.1, -0.05) is 0 Å². The molecule has 1 fully saturated rings. The Balaban J connectivity index is 2.37. The Hall–Kier alpha value is -1.65. The summed E-state index contributed by atoms with van der Waals surface area (Å²) in [6, 6.07) is 0. The fourth-order valence-corrected chi connectivity index (χ4v) is 1.86. The Morgan fingerprint density at radius 3 is 2.73 bits per heavy atom. The highest BCUT2D eigenvalue weighted by atomic mass is 16.1. The van der Waals surface area contributed by atoms with Gasteiger partial charge in [-0.2, -0.15) is 0 Å². The van der Waals surface area contributed by atoms with Gasteiger partial charge in [0.05, 0.1) is 6.33 Å². The Bertz CT molecular complexity index is 407. The van der Waals surface area contributed by atoms with Crippen LogP contribution in [-0.2, 0) is 0 Å². The minimum atomic E-state index is -0.361. The SMILES string of the molecule is O=Cc1c(N2CCCCC2)nc[nH]c1=O. The summed E-state index contributed by atoms with van der Waals surface area (Å²) < 4.78 is 0. The third-order valence-electron chi connectivity index (χ3n) is 2.64. The monoisotopic (exact) mass is 207 g/mol. The van der Waals surface area contributed by atoms with Gasteiger partial charge in [-0.25, -0.2) is 4.98 Å². The molecular weight excluding hydrogens is 194 g/mol. The average molecular weight is 207 g/mol. The Kier molecular flexibility index (Phi) is 2.80. The number of nitrogens with zero attached hydrogens (tertiary/aromatic N) is 2. The molecule has 1 N–H and O–H groups in total. The maximum atomic E-state index is 11.4. The van der Waals surface area contributed by atoms with E-state index in [0.29, 0.717) is 12.1 Å². The van der Waals surface area contributed by atoms with Crippen LogP contribution in [0.3, 0.4) is 0 Å². The smallest absolute Gasteiger partial charge is 0.263 e. The van der Waals surface area contributed by atoms with E-state index in [4.69, 9.17) is 0 Å². The van der Waals surface area contributed by atoms with E-state index in [1.54, 1.807) is 0 Å². The second kappa shape index (κ2) is 4.25. The summed E-state index contributed by atoms with van der Waals surface area (Å²) in [7, 11) is 0. The molecule has 5 heteroatoms. The normalized spacial score (nSPS) is 16.4. The summed E-state index contributed by atoms with van der Waals surface area (Å²) in [6.07, 6.45) is 5.31. The summed E-state index contributed by atoms with van der Waals surface area (Å²) in [5.74, 6) is 0.522. The van der Waals surface area contributed by atoms with Crippen molar-refractivity contribution in [2.45, 2.75) is 19.3 Å². The molecule has 1 saturated heterocycles. The van der Waals surface area contributed by atoms with Crippen molar-refractivity contribution in [2.75, 3.05) is 18.0 Å². The number of aldehydes is 1. The molecule has 15 heavy (non-hydrogen) atoms. The predicted octanol–water partition coefficient (Wildman–Crippen LogP) is 0.573. The van der Waals surface area contributed by atoms with E-state index in [-0.39, 0.29) is 11.1 Å². The molecule has 0 aliphatic carbocycles. The molecule has 2 rings (SSSR count). The van der Waals surface area contributed by atoms with Crippen LogP contribution in [0.1, 0.15) is 29.6 Å². The fraction of sp³-hybridized carbons (Fsp3) is 0.500. The van der Waals surface area contributed by atoms with Crippen LogP contribution in [0.25, 0.3) is 0 Å². The first kappa shape index (κ1) is 9.89. The minimum absolute atomic E-state index is 0.138. The predicted molar refractivity (Wildman–Crippen MR) is 56.3 cm³/mol. The topological polar surface area (TPSA) is 66.1 Å². The number of aromatic amines is 1. The van der Waals surface area contributed by atoms with E-state index in [2.05, 4.69) is 9.97 Å². The average Bonchev–Trinajstić information content (AvgIpc) is 2.30. The molecule has 0 atom stereocenters. The largest absolute Gasteiger partial charge is 0.356 e. The number of hydrogen-bond donors (Lipinski definition) is 1. The van der Waals surface area contributed by atoms with Crippen LogP contribution in [0.2, 0.25) is 0 Å². The lowest BCUT2D eigenvalue weighted by molar-refractivity contribution is 0.112. The molecule has 5 nitrogen and oxygen atoms in total. The lowest BCUT2D eigenvalue weighted by atomic mass is 10.1. The minimum Gasteiger partial charge on any atom is -0.356 e. The van der Waals surface area contributed by atoms with Gasteiger partial charge in [-0.05, 0) is 19.3 Å². The number of carbonyl (C=O) groups excluding carboxylic acids is 1. The first-order chi connectivity index (χ1) is 7.33. The number of aromatic nitrogens is 2. The molecule has 0 spiro atoms. The summed E-state index contributed by atoms with van der Waals surface area (Å²) in [5, 5.41) is 0. The molecule has 2 heterocycles. The molecule has 1 aromatic rings. The number of anilines is 1. The van der Waals surface area contributed by atoms with E-state index in [1.165, 1.54) is 12.7 Å². The molecule has 1 aliphatic heterocycles. The van der Waals surface area contributed by atoms with Crippen molar-refractivity contribution in [2.24, 2.45) is 0 Å². The molecule has 0 aromatic carbocycles. The first-order valence-corrected chi connectivity index (χ1v) is 5.11. The zero-order chi connectivity index (χ0) is 10.7. The first-order valence-electron chi connectivity index (χ1n) is 5.11. The number of nitrogens with one attached hydrogen (secondary N) is 1. The highest BCUT2D eigenvalue weighted by molar-refractivity contribution is 5.82. The Labute approximate surface area is 87.1 Å². The van der Waals surface area contributed by atoms with Crippen LogP contribution < -0.4 is 10.5 Å². The summed E-state index contributed by atoms with van der Waals surface area (Å²) in [4.78, 5) is 30.6. The molecule has 0 unspecified atom stereocenters. The lowest BCUT2D eigenvalue weighted by Gasteiger charge is -2.28. The number of H-pyrrole nitrogens is 1. The van der Waals surface area contributed by atoms with Crippen molar-refractivity contribution in [3.8, 4) is 0 Å². The molecule has 80 valence electrons. The molecule has 0 radical (unpaired) electrons. The van der Waals surface area contributed by atoms with Crippen LogP contribution in [0.5, 0.6) is 0 Å². The number of piperidine rings is 1. The van der Waals surface area contributed by atoms with Gasteiger partial charge in [0.1, 0.15) is 11.4 Å². The third-order valence-corrected chi connectivity index (χ3v) is 2.64. The van der Waals surface area contributed by atoms with Crippen LogP contribution in [0.4, 0.5) is 5.82 Å². The van der Waals surface area contributed by atoms with Gasteiger partial charge < -0.3 is 9.88 Å². The quantitative estimate of drug-likeness (QED) is 0.720. The van der Waals surface area contributed by atoms with Crippen molar-refractivity contribution in [1.29, 1.82) is 0 Å². The fourth-order valence-electron chi connectivity index (χ4n) is 1.86. The van der Waals surface area contributed by atoms with Crippen molar-refractivity contribution < 1.29 is 4.79 Å². The van der Waals surface area contributed by atoms with E-state index in [0.717, 1.165) is 25.9 Å². The lowest BCUT2D eigenvalue weighted by Crippen LogP contribution is -2.33. The van der Waals surface area contributed by atoms with Crippen molar-refractivity contribution in [3.05, 3.63) is 22.2 Å². The van der Waals surface area contributed by atoms with Gasteiger partial charge in [0.25, 0.3) is 5.56 Å². The van der Waals surface area contributed by atoms with Gasteiger partial charge in [0.15, 0.2) is 6.29 Å². The summed E-state index contributed by atoms with van der Waals surface area (Å²) in [6.45, 7) is 1.74. The number of carbonyl (C=O) groups is 1. The number of hydrogen-bond acceptors (Lipinski definition) is 4. The van der Waals surface area contributed by atoms with Gasteiger partial charge >= 0.3 is 0 Å². The van der Waals surface area contributed by atoms with Crippen LogP contribution in [0.15, 0.2) is 11.1 Å². The highest BCUT2D eigenvalue weighted by Gasteiger charge is 2.17. The van der Waals surface area contributed by atoms with E-state index in [9.17, 15) is 9.59 Å². The van der Waals surface area contributed by atoms with Crippen molar-refractivity contribution in [3.63, 3.8) is 0 Å². The maximum Gasteiger partial charge on any atom is 0.263 e. The third kappa shape index (κ3) is 1.91. The highest BCUT2D eigenvalue weighted by Crippen LogP contribution is 2.17. The van der Waals surface area contributed by atoms with Crippen LogP contribution >= 0.6 is 0 Å². The molecule has 0 saturated carbocycles. The molecule has 0 bridgehead atoms.